The van der Waals surface area contributed by atoms with Crippen molar-refractivity contribution in [3.63, 3.8) is 0 Å². The molecule has 0 radical (unpaired) electrons. The second-order valence-electron chi connectivity index (χ2n) is 3.57. The minimum atomic E-state index is -0.260. The van der Waals surface area contributed by atoms with Crippen molar-refractivity contribution in [2.45, 2.75) is 6.04 Å². The fourth-order valence-corrected chi connectivity index (χ4v) is 1.79. The molecule has 1 unspecified atom stereocenters. The summed E-state index contributed by atoms with van der Waals surface area (Å²) < 4.78 is 5.02. The molecule has 0 bridgehead atoms. The van der Waals surface area contributed by atoms with E-state index in [-0.39, 0.29) is 17.7 Å². The number of amides is 1. The molecule has 1 N–H and O–H groups in total. The van der Waals surface area contributed by atoms with Crippen LogP contribution in [0.25, 0.3) is 0 Å². The van der Waals surface area contributed by atoms with Gasteiger partial charge in [-0.1, -0.05) is 30.3 Å². The fraction of sp³-hybridized carbons (Fsp3) is 0.154. The molecule has 4 heteroatoms. The molecular weight excluding hydrogens is 238 g/mol. The van der Waals surface area contributed by atoms with Crippen molar-refractivity contribution < 1.29 is 9.21 Å². The molecule has 2 rings (SSSR count). The highest BCUT2D eigenvalue weighted by molar-refractivity contribution is 6.18. The minimum absolute atomic E-state index is 0.213. The van der Waals surface area contributed by atoms with Gasteiger partial charge in [0, 0.05) is 5.88 Å². The molecule has 2 aromatic rings. The summed E-state index contributed by atoms with van der Waals surface area (Å²) >= 11 is 5.86. The van der Waals surface area contributed by atoms with E-state index in [1.54, 1.807) is 12.1 Å². The average molecular weight is 250 g/mol. The maximum Gasteiger partial charge on any atom is 0.287 e. The SMILES string of the molecule is O=C(NC(CCl)c1ccccc1)c1ccco1. The highest BCUT2D eigenvalue weighted by atomic mass is 35.5. The molecule has 88 valence electrons. The number of hydrogen-bond acceptors (Lipinski definition) is 2. The van der Waals surface area contributed by atoms with Crippen LogP contribution in [0.5, 0.6) is 0 Å². The molecule has 1 heterocycles. The molecular formula is C13H12ClNO2. The minimum Gasteiger partial charge on any atom is -0.459 e. The average Bonchev–Trinajstić information content (AvgIpc) is 2.90. The van der Waals surface area contributed by atoms with E-state index >= 15 is 0 Å². The zero-order valence-corrected chi connectivity index (χ0v) is 9.85. The lowest BCUT2D eigenvalue weighted by Gasteiger charge is -2.15. The number of halogens is 1. The van der Waals surface area contributed by atoms with E-state index in [0.717, 1.165) is 5.56 Å². The maximum absolute atomic E-state index is 11.8. The number of alkyl halides is 1. The Morgan fingerprint density at radius 1 is 1.24 bits per heavy atom. The molecule has 17 heavy (non-hydrogen) atoms. The summed E-state index contributed by atoms with van der Waals surface area (Å²) in [5, 5.41) is 2.82. The second-order valence-corrected chi connectivity index (χ2v) is 3.88. The molecule has 0 aliphatic heterocycles. The summed E-state index contributed by atoms with van der Waals surface area (Å²) in [6.45, 7) is 0. The smallest absolute Gasteiger partial charge is 0.287 e. The molecule has 0 aliphatic rings. The van der Waals surface area contributed by atoms with Crippen LogP contribution < -0.4 is 5.32 Å². The number of hydrogen-bond donors (Lipinski definition) is 1. The lowest BCUT2D eigenvalue weighted by atomic mass is 10.1. The van der Waals surface area contributed by atoms with Crippen LogP contribution in [0, 0.1) is 0 Å². The van der Waals surface area contributed by atoms with Crippen LogP contribution in [0.4, 0.5) is 0 Å². The van der Waals surface area contributed by atoms with Crippen LogP contribution in [0.1, 0.15) is 22.2 Å². The third-order valence-electron chi connectivity index (χ3n) is 2.41. The molecule has 0 aliphatic carbocycles. The zero-order chi connectivity index (χ0) is 12.1. The molecule has 0 fully saturated rings. The first-order chi connectivity index (χ1) is 8.31. The first-order valence-corrected chi connectivity index (χ1v) is 5.80. The Morgan fingerprint density at radius 3 is 2.59 bits per heavy atom. The molecule has 1 atom stereocenters. The molecule has 3 nitrogen and oxygen atoms in total. The predicted molar refractivity (Wildman–Crippen MR) is 66.1 cm³/mol. The monoisotopic (exact) mass is 249 g/mol. The first kappa shape index (κ1) is 11.7. The van der Waals surface area contributed by atoms with Gasteiger partial charge in [-0.3, -0.25) is 4.79 Å². The van der Waals surface area contributed by atoms with Crippen molar-refractivity contribution in [3.05, 3.63) is 60.1 Å². The summed E-state index contributed by atoms with van der Waals surface area (Å²) in [5.41, 5.74) is 0.974. The van der Waals surface area contributed by atoms with Crippen molar-refractivity contribution in [2.24, 2.45) is 0 Å². The Hall–Kier alpha value is -1.74. The van der Waals surface area contributed by atoms with E-state index in [1.807, 2.05) is 30.3 Å². The highest BCUT2D eigenvalue weighted by Crippen LogP contribution is 2.15. The summed E-state index contributed by atoms with van der Waals surface area (Å²) in [7, 11) is 0. The Balaban J connectivity index is 2.09. The highest BCUT2D eigenvalue weighted by Gasteiger charge is 2.15. The van der Waals surface area contributed by atoms with Gasteiger partial charge >= 0.3 is 0 Å². The van der Waals surface area contributed by atoms with Crippen molar-refractivity contribution >= 4 is 17.5 Å². The van der Waals surface area contributed by atoms with Gasteiger partial charge in [-0.25, -0.2) is 0 Å². The summed E-state index contributed by atoms with van der Waals surface area (Å²) in [4.78, 5) is 11.8. The third-order valence-corrected chi connectivity index (χ3v) is 2.72. The molecule has 0 saturated heterocycles. The van der Waals surface area contributed by atoms with Gasteiger partial charge in [0.05, 0.1) is 12.3 Å². The van der Waals surface area contributed by atoms with Gasteiger partial charge < -0.3 is 9.73 Å². The van der Waals surface area contributed by atoms with E-state index < -0.39 is 0 Å². The number of carbonyl (C=O) groups is 1. The molecule has 0 spiro atoms. The van der Waals surface area contributed by atoms with E-state index in [4.69, 9.17) is 16.0 Å². The van der Waals surface area contributed by atoms with Crippen LogP contribution in [0.3, 0.4) is 0 Å². The van der Waals surface area contributed by atoms with Gasteiger partial charge in [0.2, 0.25) is 0 Å². The molecule has 0 saturated carbocycles. The predicted octanol–water partition coefficient (Wildman–Crippen LogP) is 2.99. The van der Waals surface area contributed by atoms with Crippen LogP contribution in [0.15, 0.2) is 53.1 Å². The number of carbonyl (C=O) groups excluding carboxylic acids is 1. The van der Waals surface area contributed by atoms with E-state index in [1.165, 1.54) is 6.26 Å². The molecule has 1 amide bonds. The van der Waals surface area contributed by atoms with Crippen molar-refractivity contribution in [1.82, 2.24) is 5.32 Å². The van der Waals surface area contributed by atoms with Gasteiger partial charge in [0.25, 0.3) is 5.91 Å². The zero-order valence-electron chi connectivity index (χ0n) is 9.10. The molecule has 1 aromatic heterocycles. The Kier molecular flexibility index (Phi) is 3.83. The fourth-order valence-electron chi connectivity index (χ4n) is 1.53. The van der Waals surface area contributed by atoms with Gasteiger partial charge in [-0.05, 0) is 17.7 Å². The van der Waals surface area contributed by atoms with E-state index in [0.29, 0.717) is 5.88 Å². The van der Waals surface area contributed by atoms with Gasteiger partial charge in [0.1, 0.15) is 0 Å². The normalized spacial score (nSPS) is 12.1. The van der Waals surface area contributed by atoms with Crippen LogP contribution in [-0.2, 0) is 0 Å². The third kappa shape index (κ3) is 2.88. The lowest BCUT2D eigenvalue weighted by Crippen LogP contribution is -2.29. The Morgan fingerprint density at radius 2 is 2.00 bits per heavy atom. The summed E-state index contributed by atoms with van der Waals surface area (Å²) in [5.74, 6) is 0.344. The van der Waals surface area contributed by atoms with Crippen molar-refractivity contribution in [3.8, 4) is 0 Å². The van der Waals surface area contributed by atoms with Crippen LogP contribution in [0.2, 0.25) is 0 Å². The van der Waals surface area contributed by atoms with Gasteiger partial charge in [0.15, 0.2) is 5.76 Å². The van der Waals surface area contributed by atoms with E-state index in [2.05, 4.69) is 5.32 Å². The second kappa shape index (κ2) is 5.55. The summed E-state index contributed by atoms with van der Waals surface area (Å²) in [6, 6.07) is 12.7. The van der Waals surface area contributed by atoms with E-state index in [9.17, 15) is 4.79 Å². The van der Waals surface area contributed by atoms with Crippen LogP contribution >= 0.6 is 11.6 Å². The quantitative estimate of drug-likeness (QED) is 0.847. The lowest BCUT2D eigenvalue weighted by molar-refractivity contribution is 0.0912. The Labute approximate surface area is 104 Å². The largest absolute Gasteiger partial charge is 0.459 e. The topological polar surface area (TPSA) is 42.2 Å². The standard InChI is InChI=1S/C13H12ClNO2/c14-9-11(10-5-2-1-3-6-10)15-13(16)12-7-4-8-17-12/h1-8,11H,9H2,(H,15,16). The number of furan rings is 1. The first-order valence-electron chi connectivity index (χ1n) is 5.26. The van der Waals surface area contributed by atoms with Crippen molar-refractivity contribution in [1.29, 1.82) is 0 Å². The van der Waals surface area contributed by atoms with Crippen molar-refractivity contribution in [2.75, 3.05) is 5.88 Å². The number of rotatable bonds is 4. The van der Waals surface area contributed by atoms with Gasteiger partial charge in [-0.15, -0.1) is 11.6 Å². The maximum atomic E-state index is 11.8. The molecule has 1 aromatic carbocycles. The number of benzene rings is 1. The summed E-state index contributed by atoms with van der Waals surface area (Å²) in [6.07, 6.45) is 1.47. The van der Waals surface area contributed by atoms with Gasteiger partial charge in [-0.2, -0.15) is 0 Å². The van der Waals surface area contributed by atoms with Crippen LogP contribution in [-0.4, -0.2) is 11.8 Å². The number of nitrogens with one attached hydrogen (secondary N) is 1. The Bertz CT molecular complexity index is 467.